The second-order valence-electron chi connectivity index (χ2n) is 25.7. The molecule has 3 aliphatic heterocycles. The Balaban J connectivity index is 1.31. The van der Waals surface area contributed by atoms with E-state index in [-0.39, 0.29) is 18.9 Å². The summed E-state index contributed by atoms with van der Waals surface area (Å²) in [6, 6.07) is -0.977. The normalized spacial score (nSPS) is 27.9. The van der Waals surface area contributed by atoms with E-state index in [4.69, 9.17) is 28.4 Å². The highest BCUT2D eigenvalue weighted by Gasteiger charge is 2.53. The van der Waals surface area contributed by atoms with Gasteiger partial charge in [-0.25, -0.2) is 0 Å². The van der Waals surface area contributed by atoms with Gasteiger partial charge in [-0.1, -0.05) is 252 Å². The molecule has 12 N–H and O–H groups in total. The van der Waals surface area contributed by atoms with Crippen LogP contribution in [0.2, 0.25) is 0 Å². The zero-order valence-electron chi connectivity index (χ0n) is 57.9. The van der Waals surface area contributed by atoms with Gasteiger partial charge in [0, 0.05) is 6.42 Å². The fourth-order valence-corrected chi connectivity index (χ4v) is 11.7. The van der Waals surface area contributed by atoms with Crippen LogP contribution < -0.4 is 5.32 Å². The van der Waals surface area contributed by atoms with Crippen LogP contribution in [0.4, 0.5) is 0 Å². The molecule has 3 saturated heterocycles. The van der Waals surface area contributed by atoms with Crippen LogP contribution in [0.1, 0.15) is 232 Å². The number of aliphatic hydroxyl groups is 11. The van der Waals surface area contributed by atoms with Gasteiger partial charge in [0.15, 0.2) is 18.9 Å². The van der Waals surface area contributed by atoms with Crippen molar-refractivity contribution in [3.63, 3.8) is 0 Å². The average Bonchev–Trinajstić information content (AvgIpc) is 0.787. The molecule has 0 radical (unpaired) electrons. The molecule has 19 heteroatoms. The van der Waals surface area contributed by atoms with E-state index < -0.39 is 124 Å². The molecule has 0 aromatic heterocycles. The number of carbonyl (C=O) groups excluding carboxylic acids is 1. The monoisotopic (exact) mass is 1340 g/mol. The summed E-state index contributed by atoms with van der Waals surface area (Å²) in [6.45, 7) is 1.58. The predicted molar refractivity (Wildman–Crippen MR) is 374 cm³/mol. The number of allylic oxidation sites excluding steroid dienone is 17. The second kappa shape index (κ2) is 56.2. The molecule has 0 aromatic carbocycles. The minimum absolute atomic E-state index is 0.237. The molecule has 95 heavy (non-hydrogen) atoms. The molecule has 0 spiro atoms. The van der Waals surface area contributed by atoms with Gasteiger partial charge in [-0.2, -0.15) is 0 Å². The first kappa shape index (κ1) is 85.7. The average molecular weight is 1340 g/mol. The summed E-state index contributed by atoms with van der Waals surface area (Å²) in [5.74, 6) is -0.281. The molecule has 17 unspecified atom stereocenters. The Bertz CT molecular complexity index is 2140. The quantitative estimate of drug-likeness (QED) is 0.0199. The highest BCUT2D eigenvalue weighted by molar-refractivity contribution is 5.76. The number of hydrogen-bond acceptors (Lipinski definition) is 18. The first-order chi connectivity index (χ1) is 46.3. The smallest absolute Gasteiger partial charge is 0.220 e. The third-order valence-electron chi connectivity index (χ3n) is 17.6. The molecule has 17 atom stereocenters. The Morgan fingerprint density at radius 1 is 0.389 bits per heavy atom. The lowest BCUT2D eigenvalue weighted by Crippen LogP contribution is -2.66. The fraction of sp³-hybridized carbons (Fsp3) is 0.750. The minimum Gasteiger partial charge on any atom is -0.394 e. The van der Waals surface area contributed by atoms with Gasteiger partial charge in [-0.3, -0.25) is 4.79 Å². The first-order valence-electron chi connectivity index (χ1n) is 36.6. The summed E-state index contributed by atoms with van der Waals surface area (Å²) in [4.78, 5) is 13.4. The van der Waals surface area contributed by atoms with Crippen molar-refractivity contribution in [1.29, 1.82) is 0 Å². The molecule has 0 saturated carbocycles. The molecule has 3 rings (SSSR count). The SMILES string of the molecule is CC/C=C\C/C=C\C/C=C\C/C=C\C/C=C\C/C=C\C/C=C\C/C=C\CCCCCCCCCCCCCCCCC(=O)NC(COC1OC(CO)C(OC2OC(CO)C(OC3OC(CO)C(O)C(O)C3O)C(O)C2O)C(O)C1O)C(O)/C=C/CCCCCCCCCCC. The zero-order chi connectivity index (χ0) is 68.9. The Kier molecular flexibility index (Phi) is 50.7. The highest BCUT2D eigenvalue weighted by Crippen LogP contribution is 2.33. The summed E-state index contributed by atoms with van der Waals surface area (Å²) in [7, 11) is 0. The Hall–Kier alpha value is -3.55. The molecule has 3 aliphatic rings. The number of rotatable bonds is 55. The maximum Gasteiger partial charge on any atom is 0.220 e. The molecular weight excluding hydrogens is 1210 g/mol. The molecule has 0 aromatic rings. The van der Waals surface area contributed by atoms with Crippen molar-refractivity contribution in [1.82, 2.24) is 5.32 Å². The van der Waals surface area contributed by atoms with Crippen molar-refractivity contribution in [2.75, 3.05) is 26.4 Å². The largest absolute Gasteiger partial charge is 0.394 e. The molecule has 3 fully saturated rings. The van der Waals surface area contributed by atoms with Crippen LogP contribution in [0.5, 0.6) is 0 Å². The van der Waals surface area contributed by atoms with Gasteiger partial charge in [0.25, 0.3) is 0 Å². The van der Waals surface area contributed by atoms with Crippen molar-refractivity contribution in [3.8, 4) is 0 Å². The van der Waals surface area contributed by atoms with E-state index in [9.17, 15) is 61.0 Å². The van der Waals surface area contributed by atoms with E-state index in [0.717, 1.165) is 103 Å². The molecule has 3 heterocycles. The molecule has 1 amide bonds. The summed E-state index contributed by atoms with van der Waals surface area (Å²) in [6.07, 6.45) is 49.5. The summed E-state index contributed by atoms with van der Waals surface area (Å²) in [5, 5.41) is 120. The lowest BCUT2D eigenvalue weighted by atomic mass is 9.96. The van der Waals surface area contributed by atoms with Gasteiger partial charge >= 0.3 is 0 Å². The number of unbranched alkanes of at least 4 members (excludes halogenated alkanes) is 23. The minimum atomic E-state index is -1.98. The van der Waals surface area contributed by atoms with E-state index in [2.05, 4.69) is 116 Å². The zero-order valence-corrected chi connectivity index (χ0v) is 57.9. The molecular formula is C76H129NO18. The van der Waals surface area contributed by atoms with Crippen molar-refractivity contribution >= 4 is 5.91 Å². The van der Waals surface area contributed by atoms with Crippen LogP contribution in [-0.2, 0) is 33.2 Å². The van der Waals surface area contributed by atoms with Crippen LogP contribution in [0.15, 0.2) is 109 Å². The van der Waals surface area contributed by atoms with Crippen LogP contribution in [0.3, 0.4) is 0 Å². The number of amides is 1. The first-order valence-corrected chi connectivity index (χ1v) is 36.6. The van der Waals surface area contributed by atoms with Gasteiger partial charge < -0.3 is 89.9 Å². The van der Waals surface area contributed by atoms with Gasteiger partial charge in [-0.15, -0.1) is 0 Å². The Morgan fingerprint density at radius 2 is 0.726 bits per heavy atom. The number of aliphatic hydroxyl groups excluding tert-OH is 11. The van der Waals surface area contributed by atoms with Gasteiger partial charge in [0.05, 0.1) is 38.6 Å². The third-order valence-corrected chi connectivity index (χ3v) is 17.6. The molecule has 546 valence electrons. The Labute approximate surface area is 570 Å². The van der Waals surface area contributed by atoms with Crippen molar-refractivity contribution in [3.05, 3.63) is 109 Å². The van der Waals surface area contributed by atoms with Crippen LogP contribution in [-0.4, -0.2) is 193 Å². The van der Waals surface area contributed by atoms with E-state index in [1.165, 1.54) is 103 Å². The van der Waals surface area contributed by atoms with Gasteiger partial charge in [0.1, 0.15) is 73.2 Å². The maximum atomic E-state index is 13.4. The summed E-state index contributed by atoms with van der Waals surface area (Å²) < 4.78 is 34.3. The predicted octanol–water partition coefficient (Wildman–Crippen LogP) is 10.6. The lowest BCUT2D eigenvalue weighted by Gasteiger charge is -2.48. The van der Waals surface area contributed by atoms with Gasteiger partial charge in [0.2, 0.25) is 5.91 Å². The second-order valence-corrected chi connectivity index (χ2v) is 25.7. The topological polar surface area (TPSA) is 307 Å². The molecule has 0 bridgehead atoms. The van der Waals surface area contributed by atoms with E-state index in [1.54, 1.807) is 6.08 Å². The lowest BCUT2D eigenvalue weighted by molar-refractivity contribution is -0.379. The number of ether oxygens (including phenoxy) is 6. The molecule has 0 aliphatic carbocycles. The fourth-order valence-electron chi connectivity index (χ4n) is 11.7. The van der Waals surface area contributed by atoms with Crippen molar-refractivity contribution in [2.45, 2.75) is 336 Å². The van der Waals surface area contributed by atoms with Crippen LogP contribution in [0, 0.1) is 0 Å². The van der Waals surface area contributed by atoms with E-state index in [1.807, 2.05) is 6.08 Å². The number of hydrogen-bond donors (Lipinski definition) is 12. The van der Waals surface area contributed by atoms with E-state index in [0.29, 0.717) is 6.42 Å². The summed E-state index contributed by atoms with van der Waals surface area (Å²) in [5.41, 5.74) is 0. The highest BCUT2D eigenvalue weighted by atomic mass is 16.8. The molecule has 19 nitrogen and oxygen atoms in total. The third kappa shape index (κ3) is 37.5. The summed E-state index contributed by atoms with van der Waals surface area (Å²) >= 11 is 0. The van der Waals surface area contributed by atoms with Crippen molar-refractivity contribution < 1.29 is 89.4 Å². The number of carbonyl (C=O) groups is 1. The van der Waals surface area contributed by atoms with Crippen LogP contribution in [0.25, 0.3) is 0 Å². The maximum absolute atomic E-state index is 13.4. The van der Waals surface area contributed by atoms with Gasteiger partial charge in [-0.05, 0) is 83.5 Å². The van der Waals surface area contributed by atoms with E-state index >= 15 is 0 Å². The number of nitrogens with one attached hydrogen (secondary N) is 1. The Morgan fingerprint density at radius 3 is 1.14 bits per heavy atom. The van der Waals surface area contributed by atoms with Crippen LogP contribution >= 0.6 is 0 Å². The standard InChI is InChI=1S/C76H129NO18/c1-3-5-7-9-11-13-15-16-17-18-19-20-21-22-23-24-25-26-27-28-29-30-31-32-33-34-35-36-37-38-39-40-41-42-44-46-48-50-52-54-64(82)77-59(60(81)53-51-49-47-45-43-14-12-10-8-6-4-2)58-90-74-70(88)67(85)72(62(56-79)92-74)95-76-71(89)68(86)73(63(57-80)93-76)94-75-69(87)66(84)65(83)61(55-78)91-75/h5,7,11,13,16-17,19-20,22-23,25-26,28-29,31-32,51,53,59-63,65-76,78-81,83-89H,3-4,6,8-10,12,14-15,18,21,24,27,30,33-50,52,54-58H2,1-2H3,(H,77,82)/b7-5-,13-11-,17-16-,20-19-,23-22-,26-25-,29-28-,32-31-,53-51+. The van der Waals surface area contributed by atoms with Crippen molar-refractivity contribution in [2.24, 2.45) is 0 Å².